The van der Waals surface area contributed by atoms with Gasteiger partial charge in [0.2, 0.25) is 0 Å². The number of rotatable bonds is 3. The Morgan fingerprint density at radius 1 is 1.13 bits per heavy atom. The molecule has 2 atom stereocenters. The maximum atomic E-state index is 12.7. The molecule has 4 rings (SSSR count). The number of hydrogen-bond acceptors (Lipinski definition) is 3. The second-order valence-electron chi connectivity index (χ2n) is 6.89. The summed E-state index contributed by atoms with van der Waals surface area (Å²) in [5.74, 6) is 0. The average molecular weight is 332 g/mol. The zero-order chi connectivity index (χ0) is 16.0. The molecule has 2 saturated heterocycles. The fraction of sp³-hybridized carbons (Fsp3) is 0.500. The molecule has 0 aliphatic carbocycles. The van der Waals surface area contributed by atoms with Crippen molar-refractivity contribution in [3.63, 3.8) is 0 Å². The van der Waals surface area contributed by atoms with Crippen molar-refractivity contribution in [1.82, 2.24) is 14.4 Å². The van der Waals surface area contributed by atoms with Crippen molar-refractivity contribution in [1.29, 1.82) is 0 Å². The quantitative estimate of drug-likeness (QED) is 0.865. The zero-order valence-corrected chi connectivity index (χ0v) is 14.2. The summed E-state index contributed by atoms with van der Waals surface area (Å²) in [5, 5.41) is 2.28. The van der Waals surface area contributed by atoms with Crippen LogP contribution in [0.5, 0.6) is 0 Å². The van der Waals surface area contributed by atoms with Crippen LogP contribution in [-0.2, 0) is 6.54 Å². The molecule has 0 N–H and O–H groups in total. The number of likely N-dealkylation sites (tertiary alicyclic amines) is 1. The van der Waals surface area contributed by atoms with Gasteiger partial charge >= 0.3 is 0 Å². The van der Waals surface area contributed by atoms with Gasteiger partial charge in [0.1, 0.15) is 0 Å². The molecule has 0 saturated carbocycles. The van der Waals surface area contributed by atoms with Gasteiger partial charge in [-0.25, -0.2) is 0 Å². The van der Waals surface area contributed by atoms with Crippen LogP contribution in [0.15, 0.2) is 35.3 Å². The SMILES string of the molecule is CN1CC2CCC(C1)N2CCn1ccc2ccc(Cl)cc2c1=O. The zero-order valence-electron chi connectivity index (χ0n) is 13.4. The Labute approximate surface area is 141 Å². The van der Waals surface area contributed by atoms with E-state index in [2.05, 4.69) is 16.8 Å². The minimum Gasteiger partial charge on any atom is -0.314 e. The predicted molar refractivity (Wildman–Crippen MR) is 94.2 cm³/mol. The third kappa shape index (κ3) is 2.80. The Morgan fingerprint density at radius 3 is 2.61 bits per heavy atom. The maximum absolute atomic E-state index is 12.7. The minimum atomic E-state index is 0.0616. The molecule has 0 spiro atoms. The lowest BCUT2D eigenvalue weighted by atomic mass is 10.1. The van der Waals surface area contributed by atoms with Gasteiger partial charge in [0.25, 0.3) is 5.56 Å². The first-order chi connectivity index (χ1) is 11.1. The normalized spacial score (nSPS) is 25.3. The highest BCUT2D eigenvalue weighted by Crippen LogP contribution is 2.29. The van der Waals surface area contributed by atoms with Crippen molar-refractivity contribution in [2.24, 2.45) is 0 Å². The summed E-state index contributed by atoms with van der Waals surface area (Å²) in [6, 6.07) is 8.83. The Hall–Kier alpha value is -1.36. The first-order valence-electron chi connectivity index (χ1n) is 8.35. The topological polar surface area (TPSA) is 28.5 Å². The maximum Gasteiger partial charge on any atom is 0.258 e. The Bertz CT molecular complexity index is 773. The van der Waals surface area contributed by atoms with Gasteiger partial charge in [0.05, 0.1) is 0 Å². The highest BCUT2D eigenvalue weighted by atomic mass is 35.5. The molecule has 1 aromatic heterocycles. The summed E-state index contributed by atoms with van der Waals surface area (Å²) in [6.45, 7) is 4.00. The molecule has 2 aliphatic rings. The van der Waals surface area contributed by atoms with Gasteiger partial charge in [-0.15, -0.1) is 0 Å². The fourth-order valence-corrected chi connectivity index (χ4v) is 4.39. The summed E-state index contributed by atoms with van der Waals surface area (Å²) in [6.07, 6.45) is 4.49. The largest absolute Gasteiger partial charge is 0.314 e. The van der Waals surface area contributed by atoms with Gasteiger partial charge < -0.3 is 9.47 Å². The molecule has 5 heteroatoms. The summed E-state index contributed by atoms with van der Waals surface area (Å²) >= 11 is 6.04. The second kappa shape index (κ2) is 5.93. The number of aromatic nitrogens is 1. The Balaban J connectivity index is 1.55. The van der Waals surface area contributed by atoms with Crippen molar-refractivity contribution < 1.29 is 0 Å². The van der Waals surface area contributed by atoms with Crippen LogP contribution in [0.4, 0.5) is 0 Å². The number of halogens is 1. The third-order valence-corrected chi connectivity index (χ3v) is 5.59. The summed E-state index contributed by atoms with van der Waals surface area (Å²) < 4.78 is 1.83. The van der Waals surface area contributed by atoms with Crippen LogP contribution < -0.4 is 5.56 Å². The first-order valence-corrected chi connectivity index (χ1v) is 8.72. The number of nitrogens with zero attached hydrogens (tertiary/aromatic N) is 3. The number of piperazine rings is 1. The third-order valence-electron chi connectivity index (χ3n) is 5.36. The number of benzene rings is 1. The molecular weight excluding hydrogens is 310 g/mol. The van der Waals surface area contributed by atoms with Crippen molar-refractivity contribution in [3.8, 4) is 0 Å². The van der Waals surface area contributed by atoms with Crippen LogP contribution in [0.3, 0.4) is 0 Å². The molecule has 122 valence electrons. The first kappa shape index (κ1) is 15.2. The van der Waals surface area contributed by atoms with Gasteiger partial charge in [0, 0.05) is 54.9 Å². The van der Waals surface area contributed by atoms with Crippen molar-refractivity contribution in [2.75, 3.05) is 26.7 Å². The lowest BCUT2D eigenvalue weighted by molar-refractivity contribution is 0.0791. The fourth-order valence-electron chi connectivity index (χ4n) is 4.22. The molecule has 2 unspecified atom stereocenters. The van der Waals surface area contributed by atoms with E-state index >= 15 is 0 Å². The van der Waals surface area contributed by atoms with Gasteiger partial charge in [0.15, 0.2) is 0 Å². The van der Waals surface area contributed by atoms with E-state index in [1.165, 1.54) is 12.8 Å². The van der Waals surface area contributed by atoms with Crippen molar-refractivity contribution in [2.45, 2.75) is 31.5 Å². The second-order valence-corrected chi connectivity index (χ2v) is 7.33. The van der Waals surface area contributed by atoms with Crippen LogP contribution in [-0.4, -0.2) is 53.1 Å². The van der Waals surface area contributed by atoms with Crippen LogP contribution in [0.2, 0.25) is 5.02 Å². The smallest absolute Gasteiger partial charge is 0.258 e. The predicted octanol–water partition coefficient (Wildman–Crippen LogP) is 2.43. The van der Waals surface area contributed by atoms with Gasteiger partial charge in [-0.2, -0.15) is 0 Å². The van der Waals surface area contributed by atoms with Crippen LogP contribution in [0, 0.1) is 0 Å². The lowest BCUT2D eigenvalue weighted by Crippen LogP contribution is -2.53. The molecule has 0 radical (unpaired) electrons. The molecule has 1 aromatic carbocycles. The van der Waals surface area contributed by atoms with E-state index in [1.807, 2.05) is 29.0 Å². The lowest BCUT2D eigenvalue weighted by Gasteiger charge is -2.39. The van der Waals surface area contributed by atoms with Crippen molar-refractivity contribution in [3.05, 3.63) is 45.8 Å². The molecule has 2 fully saturated rings. The Kier molecular flexibility index (Phi) is 3.92. The van der Waals surface area contributed by atoms with Gasteiger partial charge in [-0.1, -0.05) is 17.7 Å². The van der Waals surface area contributed by atoms with E-state index in [-0.39, 0.29) is 5.56 Å². The molecular formula is C18H22ClN3O. The summed E-state index contributed by atoms with van der Waals surface area (Å²) in [7, 11) is 2.21. The highest BCUT2D eigenvalue weighted by molar-refractivity contribution is 6.31. The molecule has 23 heavy (non-hydrogen) atoms. The minimum absolute atomic E-state index is 0.0616. The average Bonchev–Trinajstić information content (AvgIpc) is 2.77. The van der Waals surface area contributed by atoms with E-state index in [1.54, 1.807) is 6.07 Å². The highest BCUT2D eigenvalue weighted by Gasteiger charge is 2.38. The van der Waals surface area contributed by atoms with Crippen LogP contribution in [0.1, 0.15) is 12.8 Å². The molecule has 0 amide bonds. The van der Waals surface area contributed by atoms with Crippen LogP contribution in [0.25, 0.3) is 10.8 Å². The molecule has 2 bridgehead atoms. The number of fused-ring (bicyclic) bond motifs is 3. The Morgan fingerprint density at radius 2 is 1.87 bits per heavy atom. The van der Waals surface area contributed by atoms with Crippen LogP contribution >= 0.6 is 11.6 Å². The standard InChI is InChI=1S/C18H22ClN3O/c1-20-11-15-4-5-16(12-20)22(15)9-8-21-7-6-13-2-3-14(19)10-17(13)18(21)23/h2-3,6-7,10,15-16H,4-5,8-9,11-12H2,1H3. The summed E-state index contributed by atoms with van der Waals surface area (Å²) in [5.41, 5.74) is 0.0616. The monoisotopic (exact) mass is 331 g/mol. The number of pyridine rings is 1. The number of likely N-dealkylation sites (N-methyl/N-ethyl adjacent to an activating group) is 1. The van der Waals surface area contributed by atoms with Gasteiger partial charge in [-0.3, -0.25) is 9.69 Å². The molecule has 2 aliphatic heterocycles. The van der Waals surface area contributed by atoms with E-state index < -0.39 is 0 Å². The summed E-state index contributed by atoms with van der Waals surface area (Å²) in [4.78, 5) is 17.7. The number of hydrogen-bond donors (Lipinski definition) is 0. The molecule has 2 aromatic rings. The van der Waals surface area contributed by atoms with E-state index in [9.17, 15) is 4.79 Å². The molecule has 3 heterocycles. The van der Waals surface area contributed by atoms with E-state index in [0.717, 1.165) is 31.6 Å². The van der Waals surface area contributed by atoms with Crippen molar-refractivity contribution >= 4 is 22.4 Å². The molecule has 4 nitrogen and oxygen atoms in total. The van der Waals surface area contributed by atoms with Gasteiger partial charge in [-0.05, 0) is 43.5 Å². The van der Waals surface area contributed by atoms with E-state index in [4.69, 9.17) is 11.6 Å². The van der Waals surface area contributed by atoms with E-state index in [0.29, 0.717) is 22.5 Å².